The van der Waals surface area contributed by atoms with Crippen LogP contribution in [0.2, 0.25) is 0 Å². The van der Waals surface area contributed by atoms with Crippen LogP contribution >= 0.6 is 0 Å². The summed E-state index contributed by atoms with van der Waals surface area (Å²) in [5, 5.41) is 6.92. The summed E-state index contributed by atoms with van der Waals surface area (Å²) < 4.78 is 7.29. The summed E-state index contributed by atoms with van der Waals surface area (Å²) in [4.78, 5) is 14.0. The van der Waals surface area contributed by atoms with Crippen molar-refractivity contribution in [1.29, 1.82) is 0 Å². The molecule has 0 aliphatic carbocycles. The summed E-state index contributed by atoms with van der Waals surface area (Å²) in [6.07, 6.45) is 3.99. The van der Waals surface area contributed by atoms with E-state index in [9.17, 15) is 4.79 Å². The average Bonchev–Trinajstić information content (AvgIpc) is 2.80. The van der Waals surface area contributed by atoms with E-state index in [0.29, 0.717) is 6.54 Å². The summed E-state index contributed by atoms with van der Waals surface area (Å²) >= 11 is 0. The van der Waals surface area contributed by atoms with Crippen molar-refractivity contribution in [2.24, 2.45) is 0 Å². The number of amides is 1. The summed E-state index contributed by atoms with van der Waals surface area (Å²) in [5.41, 5.74) is 0. The molecule has 1 aromatic rings. The molecular weight excluding hydrogens is 244 g/mol. The predicted molar refractivity (Wildman–Crippen MR) is 71.7 cm³/mol. The number of rotatable bonds is 5. The second-order valence-corrected chi connectivity index (χ2v) is 5.07. The highest BCUT2D eigenvalue weighted by molar-refractivity contribution is 5.75. The largest absolute Gasteiger partial charge is 0.373 e. The third-order valence-electron chi connectivity index (χ3n) is 3.11. The van der Waals surface area contributed by atoms with Crippen molar-refractivity contribution in [1.82, 2.24) is 20.0 Å². The first-order valence-corrected chi connectivity index (χ1v) is 6.75. The number of hydrogen-bond acceptors (Lipinski definition) is 4. The Kier molecular flexibility index (Phi) is 4.93. The van der Waals surface area contributed by atoms with Crippen LogP contribution in [-0.2, 0) is 16.1 Å². The first-order chi connectivity index (χ1) is 9.13. The van der Waals surface area contributed by atoms with Crippen LogP contribution in [-0.4, -0.2) is 59.0 Å². The fourth-order valence-corrected chi connectivity index (χ4v) is 2.42. The molecule has 0 unspecified atom stereocenters. The third-order valence-corrected chi connectivity index (χ3v) is 3.11. The van der Waals surface area contributed by atoms with Gasteiger partial charge in [-0.25, -0.2) is 0 Å². The van der Waals surface area contributed by atoms with Crippen LogP contribution in [0, 0.1) is 0 Å². The molecule has 1 aromatic heterocycles. The van der Waals surface area contributed by atoms with Gasteiger partial charge in [0.05, 0.1) is 12.2 Å². The lowest BCUT2D eigenvalue weighted by molar-refractivity contribution is -0.122. The number of ether oxygens (including phenoxy) is 1. The maximum absolute atomic E-state index is 11.7. The van der Waals surface area contributed by atoms with Gasteiger partial charge in [-0.05, 0) is 19.9 Å². The second-order valence-electron chi connectivity index (χ2n) is 5.07. The van der Waals surface area contributed by atoms with E-state index >= 15 is 0 Å². The van der Waals surface area contributed by atoms with Gasteiger partial charge in [-0.3, -0.25) is 14.4 Å². The molecular formula is C13H22N4O2. The highest BCUT2D eigenvalue weighted by atomic mass is 16.5. The van der Waals surface area contributed by atoms with E-state index in [1.807, 2.05) is 6.07 Å². The van der Waals surface area contributed by atoms with Gasteiger partial charge < -0.3 is 10.1 Å². The summed E-state index contributed by atoms with van der Waals surface area (Å²) in [6.45, 7) is 7.84. The van der Waals surface area contributed by atoms with Crippen molar-refractivity contribution < 1.29 is 9.53 Å². The van der Waals surface area contributed by atoms with Crippen LogP contribution in [0.25, 0.3) is 0 Å². The Morgan fingerprint density at radius 2 is 2.16 bits per heavy atom. The van der Waals surface area contributed by atoms with Gasteiger partial charge in [0.1, 0.15) is 6.54 Å². The molecule has 106 valence electrons. The molecule has 1 amide bonds. The smallest absolute Gasteiger partial charge is 0.241 e. The lowest BCUT2D eigenvalue weighted by atomic mass is 10.2. The van der Waals surface area contributed by atoms with E-state index in [2.05, 4.69) is 29.2 Å². The molecule has 0 saturated carbocycles. The first-order valence-electron chi connectivity index (χ1n) is 6.75. The predicted octanol–water partition coefficient (Wildman–Crippen LogP) is 0.109. The highest BCUT2D eigenvalue weighted by Gasteiger charge is 2.21. The van der Waals surface area contributed by atoms with Gasteiger partial charge in [0.2, 0.25) is 5.91 Å². The fourth-order valence-electron chi connectivity index (χ4n) is 2.42. The number of nitrogens with one attached hydrogen (secondary N) is 1. The topological polar surface area (TPSA) is 59.4 Å². The van der Waals surface area contributed by atoms with Gasteiger partial charge in [-0.2, -0.15) is 5.10 Å². The molecule has 1 fully saturated rings. The van der Waals surface area contributed by atoms with Crippen molar-refractivity contribution in [2.75, 3.05) is 26.2 Å². The normalized spacial score (nSPS) is 24.3. The standard InChI is InChI=1S/C13H22N4O2/c1-11-8-16(9-12(2)19-11)7-5-14-13(18)10-17-6-3-4-15-17/h3-4,6,11-12H,5,7-10H2,1-2H3,(H,14,18)/t11-,12-/m1/s1. The molecule has 6 nitrogen and oxygen atoms in total. The highest BCUT2D eigenvalue weighted by Crippen LogP contribution is 2.09. The SMILES string of the molecule is C[C@@H]1CN(CCNC(=O)Cn2cccn2)C[C@@H](C)O1. The average molecular weight is 266 g/mol. The Morgan fingerprint density at radius 1 is 1.42 bits per heavy atom. The molecule has 2 rings (SSSR count). The zero-order valence-electron chi connectivity index (χ0n) is 11.6. The fraction of sp³-hybridized carbons (Fsp3) is 0.692. The molecule has 1 saturated heterocycles. The lowest BCUT2D eigenvalue weighted by Gasteiger charge is -2.35. The number of carbonyl (C=O) groups is 1. The van der Waals surface area contributed by atoms with E-state index in [-0.39, 0.29) is 24.7 Å². The third kappa shape index (κ3) is 4.65. The van der Waals surface area contributed by atoms with Crippen molar-refractivity contribution in [3.63, 3.8) is 0 Å². The first kappa shape index (κ1) is 14.0. The van der Waals surface area contributed by atoms with E-state index < -0.39 is 0 Å². The van der Waals surface area contributed by atoms with Crippen LogP contribution in [0.4, 0.5) is 0 Å². The van der Waals surface area contributed by atoms with E-state index in [4.69, 9.17) is 4.74 Å². The molecule has 19 heavy (non-hydrogen) atoms. The maximum Gasteiger partial charge on any atom is 0.241 e. The Morgan fingerprint density at radius 3 is 2.79 bits per heavy atom. The van der Waals surface area contributed by atoms with Crippen LogP contribution in [0.15, 0.2) is 18.5 Å². The monoisotopic (exact) mass is 266 g/mol. The number of morpholine rings is 1. The number of carbonyl (C=O) groups excluding carboxylic acids is 1. The molecule has 2 heterocycles. The van der Waals surface area contributed by atoms with Gasteiger partial charge in [-0.15, -0.1) is 0 Å². The Balaban J connectivity index is 1.64. The molecule has 1 aliphatic heterocycles. The number of nitrogens with zero attached hydrogens (tertiary/aromatic N) is 3. The van der Waals surface area contributed by atoms with Gasteiger partial charge in [0.15, 0.2) is 0 Å². The summed E-state index contributed by atoms with van der Waals surface area (Å²) in [6, 6.07) is 1.81. The minimum absolute atomic E-state index is 0.00180. The quantitative estimate of drug-likeness (QED) is 0.822. The van der Waals surface area contributed by atoms with Crippen LogP contribution in [0.5, 0.6) is 0 Å². The molecule has 0 spiro atoms. The van der Waals surface area contributed by atoms with Crippen molar-refractivity contribution in [3.05, 3.63) is 18.5 Å². The van der Waals surface area contributed by atoms with E-state index in [1.54, 1.807) is 17.1 Å². The number of aromatic nitrogens is 2. The second kappa shape index (κ2) is 6.68. The summed E-state index contributed by atoms with van der Waals surface area (Å²) in [5.74, 6) is -0.00180. The van der Waals surface area contributed by atoms with Gasteiger partial charge in [0.25, 0.3) is 0 Å². The molecule has 1 N–H and O–H groups in total. The lowest BCUT2D eigenvalue weighted by Crippen LogP contribution is -2.48. The zero-order valence-corrected chi connectivity index (χ0v) is 11.6. The van der Waals surface area contributed by atoms with Crippen molar-refractivity contribution >= 4 is 5.91 Å². The minimum Gasteiger partial charge on any atom is -0.373 e. The molecule has 6 heteroatoms. The van der Waals surface area contributed by atoms with Crippen LogP contribution in [0.3, 0.4) is 0 Å². The Hall–Kier alpha value is -1.40. The van der Waals surface area contributed by atoms with Crippen molar-refractivity contribution in [2.45, 2.75) is 32.6 Å². The molecule has 0 bridgehead atoms. The zero-order chi connectivity index (χ0) is 13.7. The Labute approximate surface area is 113 Å². The van der Waals surface area contributed by atoms with Crippen molar-refractivity contribution in [3.8, 4) is 0 Å². The van der Waals surface area contributed by atoms with E-state index in [0.717, 1.165) is 19.6 Å². The minimum atomic E-state index is -0.00180. The molecule has 1 aliphatic rings. The Bertz CT molecular complexity index is 383. The maximum atomic E-state index is 11.7. The van der Waals surface area contributed by atoms with Gasteiger partial charge >= 0.3 is 0 Å². The van der Waals surface area contributed by atoms with Crippen LogP contribution in [0.1, 0.15) is 13.8 Å². The van der Waals surface area contributed by atoms with E-state index in [1.165, 1.54) is 0 Å². The number of hydrogen-bond donors (Lipinski definition) is 1. The molecule has 0 aromatic carbocycles. The molecule has 0 radical (unpaired) electrons. The molecule has 2 atom stereocenters. The van der Waals surface area contributed by atoms with Gasteiger partial charge in [0, 0.05) is 38.6 Å². The van der Waals surface area contributed by atoms with Gasteiger partial charge in [-0.1, -0.05) is 0 Å². The summed E-state index contributed by atoms with van der Waals surface area (Å²) in [7, 11) is 0. The van der Waals surface area contributed by atoms with Crippen LogP contribution < -0.4 is 5.32 Å².